The van der Waals surface area contributed by atoms with Crippen molar-refractivity contribution in [2.24, 2.45) is 0 Å². The zero-order valence-electron chi connectivity index (χ0n) is 9.81. The fraction of sp³-hybridized carbons (Fsp3) is 0.583. The summed E-state index contributed by atoms with van der Waals surface area (Å²) in [4.78, 5) is 6.42. The van der Waals surface area contributed by atoms with Crippen molar-refractivity contribution in [1.29, 1.82) is 0 Å². The van der Waals surface area contributed by atoms with Crippen molar-refractivity contribution in [2.45, 2.75) is 32.5 Å². The molecular formula is C12H18N3O. The Balaban J connectivity index is 2.04. The number of pyridine rings is 1. The Bertz CT molecular complexity index is 329. The van der Waals surface area contributed by atoms with Crippen molar-refractivity contribution in [3.8, 4) is 0 Å². The SMILES string of the molecule is CC1COCC(C)N1Cc1ccc([NH])nc1. The molecule has 1 radical (unpaired) electrons. The van der Waals surface area contributed by atoms with Gasteiger partial charge < -0.3 is 4.74 Å². The Hall–Kier alpha value is -1.13. The molecule has 2 rings (SSSR count). The molecule has 2 atom stereocenters. The van der Waals surface area contributed by atoms with Crippen LogP contribution in [0, 0.1) is 0 Å². The standard InChI is InChI=1S/C12H18N3O/c1-9-7-16-8-10(2)15(9)6-11-3-4-12(13)14-5-11/h3-5,9-10,13H,6-8H2,1-2H3. The maximum absolute atomic E-state index is 7.35. The van der Waals surface area contributed by atoms with Crippen LogP contribution in [0.15, 0.2) is 18.3 Å². The monoisotopic (exact) mass is 220 g/mol. The minimum Gasteiger partial charge on any atom is -0.378 e. The topological polar surface area (TPSA) is 49.2 Å². The average Bonchev–Trinajstić information content (AvgIpc) is 2.26. The number of rotatable bonds is 2. The number of hydrogen-bond donors (Lipinski definition) is 0. The van der Waals surface area contributed by atoms with Gasteiger partial charge >= 0.3 is 0 Å². The summed E-state index contributed by atoms with van der Waals surface area (Å²) >= 11 is 0. The number of aromatic nitrogens is 1. The second-order valence-corrected chi connectivity index (χ2v) is 4.46. The molecule has 1 aromatic heterocycles. The van der Waals surface area contributed by atoms with Crippen molar-refractivity contribution in [3.05, 3.63) is 23.9 Å². The zero-order chi connectivity index (χ0) is 11.5. The van der Waals surface area contributed by atoms with Gasteiger partial charge in [0.15, 0.2) is 0 Å². The van der Waals surface area contributed by atoms with Gasteiger partial charge in [0.1, 0.15) is 5.82 Å². The third-order valence-electron chi connectivity index (χ3n) is 3.04. The normalized spacial score (nSPS) is 26.9. The van der Waals surface area contributed by atoms with Gasteiger partial charge in [0.25, 0.3) is 0 Å². The largest absolute Gasteiger partial charge is 0.378 e. The molecule has 1 fully saturated rings. The van der Waals surface area contributed by atoms with E-state index in [0.717, 1.165) is 25.3 Å². The van der Waals surface area contributed by atoms with Crippen LogP contribution >= 0.6 is 0 Å². The smallest absolute Gasteiger partial charge is 0.144 e. The van der Waals surface area contributed by atoms with Crippen LogP contribution in [0.3, 0.4) is 0 Å². The van der Waals surface area contributed by atoms with Gasteiger partial charge in [-0.3, -0.25) is 10.6 Å². The van der Waals surface area contributed by atoms with Crippen LogP contribution in [0.25, 0.3) is 0 Å². The highest BCUT2D eigenvalue weighted by Gasteiger charge is 2.25. The first-order valence-electron chi connectivity index (χ1n) is 5.67. The highest BCUT2D eigenvalue weighted by molar-refractivity contribution is 5.25. The van der Waals surface area contributed by atoms with Crippen molar-refractivity contribution in [2.75, 3.05) is 13.2 Å². The van der Waals surface area contributed by atoms with E-state index < -0.39 is 0 Å². The zero-order valence-corrected chi connectivity index (χ0v) is 9.81. The van der Waals surface area contributed by atoms with E-state index in [1.165, 1.54) is 0 Å². The van der Waals surface area contributed by atoms with E-state index in [1.54, 1.807) is 12.3 Å². The molecule has 0 amide bonds. The minimum absolute atomic E-state index is 0.326. The third kappa shape index (κ3) is 2.51. The molecule has 0 saturated carbocycles. The molecule has 0 spiro atoms. The molecule has 1 saturated heterocycles. The molecule has 4 nitrogen and oxygen atoms in total. The van der Waals surface area contributed by atoms with Gasteiger partial charge in [0.2, 0.25) is 0 Å². The fourth-order valence-electron chi connectivity index (χ4n) is 2.08. The summed E-state index contributed by atoms with van der Waals surface area (Å²) in [6.07, 6.45) is 1.79. The van der Waals surface area contributed by atoms with E-state index in [9.17, 15) is 0 Å². The second kappa shape index (κ2) is 4.80. The van der Waals surface area contributed by atoms with Gasteiger partial charge in [-0.1, -0.05) is 6.07 Å². The second-order valence-electron chi connectivity index (χ2n) is 4.46. The van der Waals surface area contributed by atoms with Gasteiger partial charge in [-0.15, -0.1) is 0 Å². The maximum atomic E-state index is 7.35. The predicted octanol–water partition coefficient (Wildman–Crippen LogP) is 1.61. The highest BCUT2D eigenvalue weighted by atomic mass is 16.5. The Morgan fingerprint density at radius 3 is 2.62 bits per heavy atom. The Kier molecular flexibility index (Phi) is 3.41. The first kappa shape index (κ1) is 11.4. The minimum atomic E-state index is 0.326. The van der Waals surface area contributed by atoms with E-state index in [1.807, 2.05) is 6.07 Å². The first-order chi connectivity index (χ1) is 7.66. The molecule has 1 aliphatic heterocycles. The van der Waals surface area contributed by atoms with Gasteiger partial charge in [-0.25, -0.2) is 4.98 Å². The van der Waals surface area contributed by atoms with Gasteiger partial charge in [0.05, 0.1) is 13.2 Å². The molecular weight excluding hydrogens is 202 g/mol. The van der Waals surface area contributed by atoms with Gasteiger partial charge in [0, 0.05) is 24.8 Å². The van der Waals surface area contributed by atoms with Gasteiger partial charge in [-0.05, 0) is 25.5 Å². The van der Waals surface area contributed by atoms with Crippen molar-refractivity contribution < 1.29 is 4.74 Å². The molecule has 87 valence electrons. The number of hydrogen-bond acceptors (Lipinski definition) is 3. The van der Waals surface area contributed by atoms with Crippen LogP contribution in [-0.4, -0.2) is 35.2 Å². The Morgan fingerprint density at radius 2 is 2.06 bits per heavy atom. The summed E-state index contributed by atoms with van der Waals surface area (Å²) in [6, 6.07) is 4.61. The first-order valence-corrected chi connectivity index (χ1v) is 5.67. The Morgan fingerprint density at radius 1 is 1.38 bits per heavy atom. The molecule has 0 aliphatic carbocycles. The summed E-state index contributed by atoms with van der Waals surface area (Å²) in [6.45, 7) is 6.85. The molecule has 1 N–H and O–H groups in total. The lowest BCUT2D eigenvalue weighted by molar-refractivity contribution is -0.0409. The predicted molar refractivity (Wildman–Crippen MR) is 62.3 cm³/mol. The molecule has 0 bridgehead atoms. The van der Waals surface area contributed by atoms with Crippen LogP contribution in [0.2, 0.25) is 0 Å². The van der Waals surface area contributed by atoms with Crippen LogP contribution in [0.4, 0.5) is 5.82 Å². The molecule has 0 aromatic carbocycles. The summed E-state index contributed by atoms with van der Waals surface area (Å²) in [5.41, 5.74) is 8.51. The lowest BCUT2D eigenvalue weighted by atomic mass is 10.1. The van der Waals surface area contributed by atoms with E-state index in [4.69, 9.17) is 10.5 Å². The molecule has 2 heterocycles. The van der Waals surface area contributed by atoms with E-state index in [0.29, 0.717) is 17.9 Å². The molecule has 4 heteroatoms. The lowest BCUT2D eigenvalue weighted by Gasteiger charge is -2.38. The van der Waals surface area contributed by atoms with Crippen LogP contribution in [0.5, 0.6) is 0 Å². The summed E-state index contributed by atoms with van der Waals surface area (Å²) in [7, 11) is 0. The van der Waals surface area contributed by atoms with Crippen molar-refractivity contribution in [1.82, 2.24) is 15.6 Å². The number of nitrogens with zero attached hydrogens (tertiary/aromatic N) is 2. The Labute approximate surface area is 96.4 Å². The van der Waals surface area contributed by atoms with Crippen LogP contribution < -0.4 is 5.73 Å². The summed E-state index contributed by atoms with van der Waals surface area (Å²) in [5.74, 6) is 0.326. The van der Waals surface area contributed by atoms with Crippen molar-refractivity contribution in [3.63, 3.8) is 0 Å². The molecule has 2 unspecified atom stereocenters. The number of nitrogens with one attached hydrogen (secondary N) is 1. The molecule has 16 heavy (non-hydrogen) atoms. The fourth-order valence-corrected chi connectivity index (χ4v) is 2.08. The van der Waals surface area contributed by atoms with Crippen LogP contribution in [-0.2, 0) is 11.3 Å². The lowest BCUT2D eigenvalue weighted by Crippen LogP contribution is -2.48. The maximum Gasteiger partial charge on any atom is 0.144 e. The van der Waals surface area contributed by atoms with Crippen LogP contribution in [0.1, 0.15) is 19.4 Å². The third-order valence-corrected chi connectivity index (χ3v) is 3.04. The van der Waals surface area contributed by atoms with E-state index in [-0.39, 0.29) is 0 Å². The number of ether oxygens (including phenoxy) is 1. The van der Waals surface area contributed by atoms with E-state index in [2.05, 4.69) is 23.7 Å². The molecule has 1 aromatic rings. The van der Waals surface area contributed by atoms with E-state index >= 15 is 0 Å². The van der Waals surface area contributed by atoms with Crippen molar-refractivity contribution >= 4 is 5.82 Å². The summed E-state index contributed by atoms with van der Waals surface area (Å²) < 4.78 is 5.49. The van der Waals surface area contributed by atoms with Gasteiger partial charge in [-0.2, -0.15) is 0 Å². The summed E-state index contributed by atoms with van der Waals surface area (Å²) in [5, 5.41) is 0. The number of morpholine rings is 1. The molecule has 1 aliphatic rings. The quantitative estimate of drug-likeness (QED) is 0.760. The highest BCUT2D eigenvalue weighted by Crippen LogP contribution is 2.17. The average molecular weight is 220 g/mol.